The fourth-order valence-corrected chi connectivity index (χ4v) is 2.87. The lowest BCUT2D eigenvalue weighted by Crippen LogP contribution is -2.43. The third-order valence-corrected chi connectivity index (χ3v) is 5.02. The average molecular weight is 340 g/mol. The molecule has 0 aliphatic heterocycles. The minimum absolute atomic E-state index is 0.00173. The van der Waals surface area contributed by atoms with E-state index in [1.807, 2.05) is 20.8 Å². The maximum atomic E-state index is 12.2. The highest BCUT2D eigenvalue weighted by molar-refractivity contribution is 7.89. The van der Waals surface area contributed by atoms with Crippen LogP contribution < -0.4 is 10.0 Å². The molecule has 0 fully saturated rings. The van der Waals surface area contributed by atoms with E-state index in [9.17, 15) is 18.0 Å². The molecule has 0 saturated carbocycles. The van der Waals surface area contributed by atoms with E-state index in [0.717, 1.165) is 6.42 Å². The molecule has 7 heteroatoms. The standard InChI is InChI=1S/C16H24N2O4S/c1-5-16(3,4)18-15(20)9-10-17-23(21,22)14-8-6-7-13(11-14)12(2)19/h6-8,11,17H,5,9-10H2,1-4H3,(H,18,20). The van der Waals surface area contributed by atoms with Crippen LogP contribution >= 0.6 is 0 Å². The van der Waals surface area contributed by atoms with Gasteiger partial charge in [-0.25, -0.2) is 13.1 Å². The summed E-state index contributed by atoms with van der Waals surface area (Å²) in [7, 11) is -3.74. The van der Waals surface area contributed by atoms with E-state index in [1.54, 1.807) is 6.07 Å². The first-order valence-electron chi connectivity index (χ1n) is 7.49. The molecule has 1 rings (SSSR count). The number of hydrogen-bond donors (Lipinski definition) is 2. The van der Waals surface area contributed by atoms with Crippen LogP contribution in [0.4, 0.5) is 0 Å². The van der Waals surface area contributed by atoms with Gasteiger partial charge in [-0.05, 0) is 39.3 Å². The molecule has 1 aromatic rings. The second-order valence-electron chi connectivity index (χ2n) is 6.02. The smallest absolute Gasteiger partial charge is 0.240 e. The van der Waals surface area contributed by atoms with Crippen LogP contribution in [0.25, 0.3) is 0 Å². The summed E-state index contributed by atoms with van der Waals surface area (Å²) in [5.41, 5.74) is 0.0153. The zero-order valence-corrected chi connectivity index (χ0v) is 14.8. The van der Waals surface area contributed by atoms with Crippen molar-refractivity contribution in [1.29, 1.82) is 0 Å². The van der Waals surface area contributed by atoms with Crippen molar-refractivity contribution in [3.8, 4) is 0 Å². The van der Waals surface area contributed by atoms with E-state index in [-0.39, 0.29) is 35.1 Å². The van der Waals surface area contributed by atoms with E-state index in [1.165, 1.54) is 25.1 Å². The second-order valence-corrected chi connectivity index (χ2v) is 7.78. The van der Waals surface area contributed by atoms with Gasteiger partial charge in [0.05, 0.1) is 4.90 Å². The molecule has 0 bridgehead atoms. The molecule has 0 spiro atoms. The van der Waals surface area contributed by atoms with Gasteiger partial charge < -0.3 is 5.32 Å². The third-order valence-electron chi connectivity index (χ3n) is 3.56. The molecule has 1 aromatic carbocycles. The van der Waals surface area contributed by atoms with Crippen molar-refractivity contribution in [2.45, 2.75) is 51.0 Å². The Morgan fingerprint density at radius 2 is 1.87 bits per heavy atom. The van der Waals surface area contributed by atoms with Gasteiger partial charge in [-0.3, -0.25) is 9.59 Å². The minimum atomic E-state index is -3.74. The van der Waals surface area contributed by atoms with E-state index < -0.39 is 10.0 Å². The number of rotatable bonds is 8. The van der Waals surface area contributed by atoms with Crippen LogP contribution in [0.5, 0.6) is 0 Å². The Bertz CT molecular complexity index is 681. The van der Waals surface area contributed by atoms with Crippen molar-refractivity contribution >= 4 is 21.7 Å². The maximum absolute atomic E-state index is 12.2. The van der Waals surface area contributed by atoms with E-state index in [4.69, 9.17) is 0 Å². The summed E-state index contributed by atoms with van der Waals surface area (Å²) < 4.78 is 26.7. The quantitative estimate of drug-likeness (QED) is 0.707. The molecule has 0 radical (unpaired) electrons. The zero-order chi connectivity index (χ0) is 17.7. The van der Waals surface area contributed by atoms with Crippen molar-refractivity contribution in [1.82, 2.24) is 10.0 Å². The molecule has 0 unspecified atom stereocenters. The highest BCUT2D eigenvalue weighted by Crippen LogP contribution is 2.12. The third kappa shape index (κ3) is 6.11. The molecule has 2 N–H and O–H groups in total. The average Bonchev–Trinajstić information content (AvgIpc) is 2.46. The Morgan fingerprint density at radius 3 is 2.43 bits per heavy atom. The zero-order valence-electron chi connectivity index (χ0n) is 14.0. The van der Waals surface area contributed by atoms with Crippen LogP contribution in [-0.2, 0) is 14.8 Å². The number of amides is 1. The van der Waals surface area contributed by atoms with Gasteiger partial charge in [0.1, 0.15) is 0 Å². The van der Waals surface area contributed by atoms with Crippen LogP contribution in [0.1, 0.15) is 50.9 Å². The van der Waals surface area contributed by atoms with Crippen LogP contribution in [-0.4, -0.2) is 32.2 Å². The number of carbonyl (C=O) groups excluding carboxylic acids is 2. The molecule has 23 heavy (non-hydrogen) atoms. The Kier molecular flexibility index (Phi) is 6.47. The van der Waals surface area contributed by atoms with Crippen LogP contribution in [0.3, 0.4) is 0 Å². The highest BCUT2D eigenvalue weighted by atomic mass is 32.2. The van der Waals surface area contributed by atoms with Crippen molar-refractivity contribution in [3.05, 3.63) is 29.8 Å². The number of Topliss-reactive ketones (excluding diaryl/α,β-unsaturated/α-hetero) is 1. The lowest BCUT2D eigenvalue weighted by molar-refractivity contribution is -0.122. The largest absolute Gasteiger partial charge is 0.351 e. The summed E-state index contributed by atoms with van der Waals surface area (Å²) in [6.07, 6.45) is 0.831. The molecule has 0 aliphatic rings. The van der Waals surface area contributed by atoms with Gasteiger partial charge >= 0.3 is 0 Å². The summed E-state index contributed by atoms with van der Waals surface area (Å²) in [5.74, 6) is -0.416. The lowest BCUT2D eigenvalue weighted by atomic mass is 10.0. The number of sulfonamides is 1. The topological polar surface area (TPSA) is 92.3 Å². The van der Waals surface area contributed by atoms with Crippen LogP contribution in [0, 0.1) is 0 Å². The van der Waals surface area contributed by atoms with E-state index >= 15 is 0 Å². The maximum Gasteiger partial charge on any atom is 0.240 e. The first-order valence-corrected chi connectivity index (χ1v) is 8.97. The first-order chi connectivity index (χ1) is 10.6. The normalized spacial score (nSPS) is 12.0. The number of nitrogens with one attached hydrogen (secondary N) is 2. The Balaban J connectivity index is 2.65. The fraction of sp³-hybridized carbons (Fsp3) is 0.500. The van der Waals surface area contributed by atoms with Crippen molar-refractivity contribution < 1.29 is 18.0 Å². The van der Waals surface area contributed by atoms with Gasteiger partial charge in [-0.2, -0.15) is 0 Å². The molecular weight excluding hydrogens is 316 g/mol. The summed E-state index contributed by atoms with van der Waals surface area (Å²) in [6, 6.07) is 5.81. The molecule has 6 nitrogen and oxygen atoms in total. The van der Waals surface area contributed by atoms with Crippen LogP contribution in [0.15, 0.2) is 29.2 Å². The van der Waals surface area contributed by atoms with Gasteiger partial charge in [0, 0.05) is 24.1 Å². The van der Waals surface area contributed by atoms with Gasteiger partial charge in [-0.1, -0.05) is 19.1 Å². The Labute approximate surface area is 137 Å². The molecule has 0 aromatic heterocycles. The number of benzene rings is 1. The fourth-order valence-electron chi connectivity index (χ4n) is 1.79. The van der Waals surface area contributed by atoms with Crippen molar-refractivity contribution in [2.24, 2.45) is 0 Å². The van der Waals surface area contributed by atoms with Crippen LogP contribution in [0.2, 0.25) is 0 Å². The molecule has 1 amide bonds. The van der Waals surface area contributed by atoms with Crippen molar-refractivity contribution in [2.75, 3.05) is 6.54 Å². The molecular formula is C16H24N2O4S. The second kappa shape index (κ2) is 7.70. The lowest BCUT2D eigenvalue weighted by Gasteiger charge is -2.24. The highest BCUT2D eigenvalue weighted by Gasteiger charge is 2.19. The Morgan fingerprint density at radius 1 is 1.22 bits per heavy atom. The summed E-state index contributed by atoms with van der Waals surface area (Å²) in [5, 5.41) is 2.84. The van der Waals surface area contributed by atoms with Gasteiger partial charge in [0.15, 0.2) is 5.78 Å². The molecule has 128 valence electrons. The predicted molar refractivity (Wildman–Crippen MR) is 88.8 cm³/mol. The van der Waals surface area contributed by atoms with Gasteiger partial charge in [0.2, 0.25) is 15.9 Å². The predicted octanol–water partition coefficient (Wildman–Crippen LogP) is 1.86. The van der Waals surface area contributed by atoms with E-state index in [0.29, 0.717) is 5.56 Å². The monoisotopic (exact) mass is 340 g/mol. The SMILES string of the molecule is CCC(C)(C)NC(=O)CCNS(=O)(=O)c1cccc(C(C)=O)c1. The summed E-state index contributed by atoms with van der Waals surface area (Å²) >= 11 is 0. The Hall–Kier alpha value is -1.73. The number of hydrogen-bond acceptors (Lipinski definition) is 4. The molecule has 0 saturated heterocycles. The first kappa shape index (κ1) is 19.3. The van der Waals surface area contributed by atoms with Gasteiger partial charge in [0.25, 0.3) is 0 Å². The molecule has 0 atom stereocenters. The van der Waals surface area contributed by atoms with Crippen molar-refractivity contribution in [3.63, 3.8) is 0 Å². The van der Waals surface area contributed by atoms with E-state index in [2.05, 4.69) is 10.0 Å². The summed E-state index contributed by atoms with van der Waals surface area (Å²) in [6.45, 7) is 7.15. The molecule has 0 aliphatic carbocycles. The minimum Gasteiger partial charge on any atom is -0.351 e. The number of carbonyl (C=O) groups is 2. The number of ketones is 1. The summed E-state index contributed by atoms with van der Waals surface area (Å²) in [4.78, 5) is 23.1. The molecule has 0 heterocycles. The van der Waals surface area contributed by atoms with Gasteiger partial charge in [-0.15, -0.1) is 0 Å².